The van der Waals surface area contributed by atoms with Crippen molar-refractivity contribution in [2.45, 2.75) is 25.7 Å². The van der Waals surface area contributed by atoms with E-state index in [1.165, 1.54) is 0 Å². The molecule has 0 aromatic heterocycles. The lowest BCUT2D eigenvalue weighted by Gasteiger charge is -1.88. The van der Waals surface area contributed by atoms with Crippen LogP contribution in [0.1, 0.15) is 25.7 Å². The van der Waals surface area contributed by atoms with E-state index in [1.54, 1.807) is 0 Å². The maximum absolute atomic E-state index is 9.90. The van der Waals surface area contributed by atoms with Crippen molar-refractivity contribution < 1.29 is 9.90 Å². The molecule has 0 aliphatic rings. The van der Waals surface area contributed by atoms with Crippen molar-refractivity contribution in [3.05, 3.63) is 12.7 Å². The fourth-order valence-electron chi connectivity index (χ4n) is 0.640. The molecule has 0 aromatic carbocycles. The molecule has 0 radical (unpaired) electrons. The molecule has 0 spiro atoms. The minimum Gasteiger partial charge on any atom is -0.472 e. The van der Waals surface area contributed by atoms with Gasteiger partial charge in [-0.15, -0.1) is 6.58 Å². The summed E-state index contributed by atoms with van der Waals surface area (Å²) in [7, 11) is 0. The van der Waals surface area contributed by atoms with Crippen molar-refractivity contribution in [2.75, 3.05) is 0 Å². The topological polar surface area (TPSA) is 37.3 Å². The summed E-state index contributed by atoms with van der Waals surface area (Å²) < 4.78 is 0. The average Bonchev–Trinajstić information content (AvgIpc) is 1.96. The van der Waals surface area contributed by atoms with Crippen LogP contribution >= 0.6 is 0 Å². The van der Waals surface area contributed by atoms with Gasteiger partial charge in [-0.25, -0.2) is 4.79 Å². The summed E-state index contributed by atoms with van der Waals surface area (Å²) in [6.07, 6.45) is 5.49. The number of rotatable bonds is 4. The molecule has 0 bridgehead atoms. The lowest BCUT2D eigenvalue weighted by atomic mass is 10.2. The lowest BCUT2D eigenvalue weighted by Crippen LogP contribution is -1.86. The van der Waals surface area contributed by atoms with E-state index >= 15 is 0 Å². The second kappa shape index (κ2) is 6.88. The van der Waals surface area contributed by atoms with Gasteiger partial charge in [-0.3, -0.25) is 0 Å². The molecule has 0 atom stereocenters. The third-order valence-corrected chi connectivity index (χ3v) is 1.16. The van der Waals surface area contributed by atoms with Gasteiger partial charge in [0, 0.05) is 12.3 Å². The number of carboxylic acid groups (broad SMARTS) is 1. The molecule has 0 saturated carbocycles. The largest absolute Gasteiger partial charge is 0.472 e. The van der Waals surface area contributed by atoms with Gasteiger partial charge in [0.15, 0.2) is 0 Å². The molecular formula is C9H12O2. The minimum atomic E-state index is -1.05. The zero-order valence-corrected chi connectivity index (χ0v) is 6.47. The molecule has 0 aliphatic heterocycles. The number of unbranched alkanes of at least 4 members (excludes halogenated alkanes) is 3. The summed E-state index contributed by atoms with van der Waals surface area (Å²) >= 11 is 0. The lowest BCUT2D eigenvalue weighted by molar-refractivity contribution is -0.130. The van der Waals surface area contributed by atoms with Crippen LogP contribution in [0.15, 0.2) is 12.7 Å². The first-order chi connectivity index (χ1) is 5.27. The SMILES string of the molecule is C=CCCCCC#CC(=O)O. The minimum absolute atomic E-state index is 0.667. The second-order valence-corrected chi connectivity index (χ2v) is 2.14. The van der Waals surface area contributed by atoms with Crippen molar-refractivity contribution in [1.29, 1.82) is 0 Å². The van der Waals surface area contributed by atoms with Gasteiger partial charge in [-0.05, 0) is 19.3 Å². The number of hydrogen-bond acceptors (Lipinski definition) is 1. The Bertz CT molecular complexity index is 183. The van der Waals surface area contributed by atoms with E-state index in [1.807, 2.05) is 6.08 Å². The monoisotopic (exact) mass is 152 g/mol. The summed E-state index contributed by atoms with van der Waals surface area (Å²) in [5.74, 6) is 3.58. The molecule has 0 saturated heterocycles. The van der Waals surface area contributed by atoms with Crippen LogP contribution in [0.25, 0.3) is 0 Å². The van der Waals surface area contributed by atoms with Gasteiger partial charge in [0.2, 0.25) is 0 Å². The molecule has 1 N–H and O–H groups in total. The van der Waals surface area contributed by atoms with Gasteiger partial charge in [-0.1, -0.05) is 12.0 Å². The summed E-state index contributed by atoms with van der Waals surface area (Å²) in [4.78, 5) is 9.90. The predicted molar refractivity (Wildman–Crippen MR) is 44.1 cm³/mol. The zero-order chi connectivity index (χ0) is 8.53. The van der Waals surface area contributed by atoms with E-state index in [0.717, 1.165) is 19.3 Å². The van der Waals surface area contributed by atoms with Gasteiger partial charge in [-0.2, -0.15) is 0 Å². The highest BCUT2D eigenvalue weighted by Crippen LogP contribution is 1.97. The molecular weight excluding hydrogens is 140 g/mol. The molecule has 0 unspecified atom stereocenters. The molecule has 60 valence electrons. The number of aliphatic carboxylic acids is 1. The molecule has 11 heavy (non-hydrogen) atoms. The summed E-state index contributed by atoms with van der Waals surface area (Å²) in [5.41, 5.74) is 0. The van der Waals surface area contributed by atoms with E-state index in [0.29, 0.717) is 6.42 Å². The molecule has 0 rings (SSSR count). The third kappa shape index (κ3) is 8.77. The Hall–Kier alpha value is -1.23. The van der Waals surface area contributed by atoms with Crippen LogP contribution in [0.5, 0.6) is 0 Å². The van der Waals surface area contributed by atoms with E-state index in [9.17, 15) is 4.79 Å². The fourth-order valence-corrected chi connectivity index (χ4v) is 0.640. The quantitative estimate of drug-likeness (QED) is 0.379. The highest BCUT2D eigenvalue weighted by atomic mass is 16.4. The Morgan fingerprint density at radius 3 is 2.82 bits per heavy atom. The first-order valence-electron chi connectivity index (χ1n) is 3.60. The highest BCUT2D eigenvalue weighted by molar-refractivity contribution is 5.86. The Labute approximate surface area is 66.9 Å². The second-order valence-electron chi connectivity index (χ2n) is 2.14. The Balaban J connectivity index is 3.22. The van der Waals surface area contributed by atoms with E-state index in [2.05, 4.69) is 18.4 Å². The van der Waals surface area contributed by atoms with Crippen LogP contribution in [0.2, 0.25) is 0 Å². The molecule has 0 aliphatic carbocycles. The van der Waals surface area contributed by atoms with Gasteiger partial charge in [0.1, 0.15) is 0 Å². The Morgan fingerprint density at radius 2 is 2.27 bits per heavy atom. The highest BCUT2D eigenvalue weighted by Gasteiger charge is 1.84. The summed E-state index contributed by atoms with van der Waals surface area (Å²) in [6.45, 7) is 3.58. The molecule has 0 aromatic rings. The number of carboxylic acids is 1. The fraction of sp³-hybridized carbons (Fsp3) is 0.444. The molecule has 0 heterocycles. The Morgan fingerprint density at radius 1 is 1.55 bits per heavy atom. The van der Waals surface area contributed by atoms with Crippen LogP contribution in [0.4, 0.5) is 0 Å². The normalized spacial score (nSPS) is 8.00. The molecule has 0 fully saturated rings. The van der Waals surface area contributed by atoms with Crippen LogP contribution in [-0.4, -0.2) is 11.1 Å². The van der Waals surface area contributed by atoms with Crippen LogP contribution in [-0.2, 0) is 4.79 Å². The third-order valence-electron chi connectivity index (χ3n) is 1.16. The van der Waals surface area contributed by atoms with Crippen molar-refractivity contribution in [2.24, 2.45) is 0 Å². The van der Waals surface area contributed by atoms with Gasteiger partial charge in [0.05, 0.1) is 0 Å². The number of hydrogen-bond donors (Lipinski definition) is 1. The van der Waals surface area contributed by atoms with Crippen molar-refractivity contribution in [3.8, 4) is 11.8 Å². The smallest absolute Gasteiger partial charge is 0.381 e. The first kappa shape index (κ1) is 9.77. The zero-order valence-electron chi connectivity index (χ0n) is 6.47. The van der Waals surface area contributed by atoms with E-state index in [-0.39, 0.29) is 0 Å². The predicted octanol–water partition coefficient (Wildman–Crippen LogP) is 1.82. The summed E-state index contributed by atoms with van der Waals surface area (Å²) in [5, 5.41) is 8.13. The van der Waals surface area contributed by atoms with Crippen molar-refractivity contribution in [3.63, 3.8) is 0 Å². The molecule has 2 heteroatoms. The van der Waals surface area contributed by atoms with Crippen molar-refractivity contribution >= 4 is 5.97 Å². The number of allylic oxidation sites excluding steroid dienone is 1. The van der Waals surface area contributed by atoms with Gasteiger partial charge in [0.25, 0.3) is 0 Å². The number of carbonyl (C=O) groups is 1. The van der Waals surface area contributed by atoms with Crippen LogP contribution in [0.3, 0.4) is 0 Å². The average molecular weight is 152 g/mol. The molecule has 2 nitrogen and oxygen atoms in total. The van der Waals surface area contributed by atoms with Crippen molar-refractivity contribution in [1.82, 2.24) is 0 Å². The summed E-state index contributed by atoms with van der Waals surface area (Å²) in [6, 6.07) is 0. The van der Waals surface area contributed by atoms with E-state index < -0.39 is 5.97 Å². The molecule has 0 amide bonds. The van der Waals surface area contributed by atoms with E-state index in [4.69, 9.17) is 5.11 Å². The Kier molecular flexibility index (Phi) is 6.11. The van der Waals surface area contributed by atoms with Crippen LogP contribution < -0.4 is 0 Å². The first-order valence-corrected chi connectivity index (χ1v) is 3.60. The maximum Gasteiger partial charge on any atom is 0.381 e. The maximum atomic E-state index is 9.90. The van der Waals surface area contributed by atoms with Gasteiger partial charge >= 0.3 is 5.97 Å². The van der Waals surface area contributed by atoms with Gasteiger partial charge < -0.3 is 5.11 Å². The standard InChI is InChI=1S/C9H12O2/c1-2-3-4-5-6-7-8-9(10)11/h2H,1,3-6H2,(H,10,11). The van der Waals surface area contributed by atoms with Crippen LogP contribution in [0, 0.1) is 11.8 Å².